The second-order valence-electron chi connectivity index (χ2n) is 7.05. The van der Waals surface area contributed by atoms with Crippen LogP contribution >= 0.6 is 11.6 Å². The summed E-state index contributed by atoms with van der Waals surface area (Å²) in [5, 5.41) is 27.8. The molecule has 2 rings (SSSR count). The Kier molecular flexibility index (Phi) is 9.13. The molecule has 0 aromatic heterocycles. The molecule has 0 spiro atoms. The minimum atomic E-state index is -4.37. The molecule has 15 heteroatoms. The molecule has 0 saturated carbocycles. The van der Waals surface area contributed by atoms with E-state index in [0.29, 0.717) is 9.99 Å². The Balaban J connectivity index is 2.05. The maximum atomic E-state index is 12.4. The molecule has 0 amide bonds. The number of benzene rings is 2. The molecule has 13 nitrogen and oxygen atoms in total. The summed E-state index contributed by atoms with van der Waals surface area (Å²) in [6.07, 6.45) is -0.927. The second kappa shape index (κ2) is 11.6. The van der Waals surface area contributed by atoms with Gasteiger partial charge in [-0.25, -0.2) is 4.79 Å². The van der Waals surface area contributed by atoms with Gasteiger partial charge in [0.05, 0.1) is 12.0 Å². The third-order valence-corrected chi connectivity index (χ3v) is 6.42. The lowest BCUT2D eigenvalue weighted by atomic mass is 10.2. The fourth-order valence-electron chi connectivity index (χ4n) is 2.72. The molecular weight excluding hydrogens is 506 g/mol. The van der Waals surface area contributed by atoms with Crippen molar-refractivity contribution >= 4 is 51.4 Å². The number of nitrogens with zero attached hydrogens (tertiary/aromatic N) is 1. The molecule has 188 valence electrons. The monoisotopic (exact) mass is 527 g/mol. The zero-order valence-electron chi connectivity index (χ0n) is 18.2. The third kappa shape index (κ3) is 7.92. The van der Waals surface area contributed by atoms with E-state index in [1.807, 2.05) is 0 Å². The maximum absolute atomic E-state index is 12.4. The predicted octanol–water partition coefficient (Wildman–Crippen LogP) is 1.06. The minimum Gasteiger partial charge on any atom is -0.481 e. The van der Waals surface area contributed by atoms with Crippen LogP contribution in [-0.2, 0) is 26.3 Å². The van der Waals surface area contributed by atoms with E-state index in [4.69, 9.17) is 37.7 Å². The number of carbonyl (C=O) groups is 3. The summed E-state index contributed by atoms with van der Waals surface area (Å²) in [5.74, 6) is -3.96. The minimum absolute atomic E-state index is 0.0574. The van der Waals surface area contributed by atoms with Crippen LogP contribution in [0.5, 0.6) is 5.75 Å². The Hall–Kier alpha value is -3.72. The van der Waals surface area contributed by atoms with Crippen LogP contribution in [0.15, 0.2) is 42.5 Å². The molecule has 1 atom stereocenters. The number of hydrogen-bond acceptors (Lipinski definition) is 7. The van der Waals surface area contributed by atoms with Crippen LogP contribution in [0.2, 0.25) is 5.02 Å². The molecule has 0 radical (unpaired) electrons. The summed E-state index contributed by atoms with van der Waals surface area (Å²) in [6.45, 7) is -0.343. The van der Waals surface area contributed by atoms with Gasteiger partial charge in [0.15, 0.2) is 5.96 Å². The molecular formula is C20H22ClN5O8S. The Bertz CT molecular complexity index is 1240. The van der Waals surface area contributed by atoms with E-state index in [9.17, 15) is 22.8 Å². The lowest BCUT2D eigenvalue weighted by Crippen LogP contribution is -2.48. The van der Waals surface area contributed by atoms with Crippen molar-refractivity contribution in [2.24, 2.45) is 5.73 Å². The molecule has 0 aliphatic heterocycles. The highest BCUT2D eigenvalue weighted by Crippen LogP contribution is 2.24. The van der Waals surface area contributed by atoms with Gasteiger partial charge in [0, 0.05) is 24.3 Å². The van der Waals surface area contributed by atoms with Gasteiger partial charge in [-0.05, 0) is 42.0 Å². The van der Waals surface area contributed by atoms with E-state index in [1.54, 1.807) is 0 Å². The number of likely N-dealkylation sites (N-methyl/N-ethyl adjacent to an activating group) is 1. The number of carboxylic acid groups (broad SMARTS) is 2. The van der Waals surface area contributed by atoms with Gasteiger partial charge in [0.2, 0.25) is 0 Å². The average Bonchev–Trinajstić information content (AvgIpc) is 2.76. The first-order chi connectivity index (χ1) is 16.3. The standard InChI is InChI=1S/C20H22ClN5O8S/c1-26(16(18(29)30)9-17(27)28)35(32,33)24-10-12-4-7-14(8-15(12)21)34-19(31)11-2-5-13(6-3-11)25-20(22)23/h2-8,16,24H,9-10H2,1H3,(H,27,28)(H,29,30)(H4,22,23,25)/t16-/m0/s1. The van der Waals surface area contributed by atoms with E-state index in [-0.39, 0.29) is 34.4 Å². The van der Waals surface area contributed by atoms with Crippen LogP contribution in [0, 0.1) is 5.41 Å². The number of nitrogens with two attached hydrogens (primary N) is 1. The van der Waals surface area contributed by atoms with Crippen molar-refractivity contribution in [2.75, 3.05) is 12.4 Å². The molecule has 0 bridgehead atoms. The fourth-order valence-corrected chi connectivity index (χ4v) is 4.00. The summed E-state index contributed by atoms with van der Waals surface area (Å²) in [4.78, 5) is 34.4. The van der Waals surface area contributed by atoms with Crippen LogP contribution in [0.3, 0.4) is 0 Å². The molecule has 2 aromatic carbocycles. The fraction of sp³-hybridized carbons (Fsp3) is 0.200. The molecule has 0 heterocycles. The van der Waals surface area contributed by atoms with Gasteiger partial charge in [-0.1, -0.05) is 17.7 Å². The van der Waals surface area contributed by atoms with Gasteiger partial charge < -0.3 is 26.0 Å². The summed E-state index contributed by atoms with van der Waals surface area (Å²) >= 11 is 6.17. The molecule has 0 aliphatic rings. The number of guanidine groups is 1. The first-order valence-corrected chi connectivity index (χ1v) is 11.5. The number of ether oxygens (including phenoxy) is 1. The number of aliphatic carboxylic acids is 2. The zero-order valence-corrected chi connectivity index (χ0v) is 19.8. The highest BCUT2D eigenvalue weighted by molar-refractivity contribution is 7.87. The number of nitrogens with one attached hydrogen (secondary N) is 3. The highest BCUT2D eigenvalue weighted by atomic mass is 35.5. The van der Waals surface area contributed by atoms with Gasteiger partial charge in [0.1, 0.15) is 11.8 Å². The van der Waals surface area contributed by atoms with Gasteiger partial charge in [0.25, 0.3) is 10.2 Å². The van der Waals surface area contributed by atoms with Crippen LogP contribution in [0.4, 0.5) is 5.69 Å². The SMILES string of the molecule is CN([C@@H](CC(=O)O)C(=O)O)S(=O)(=O)NCc1ccc(OC(=O)c2ccc(NC(=N)N)cc2)cc1Cl. The van der Waals surface area contributed by atoms with Crippen LogP contribution < -0.4 is 20.5 Å². The van der Waals surface area contributed by atoms with Crippen molar-refractivity contribution in [2.45, 2.75) is 19.0 Å². The molecule has 35 heavy (non-hydrogen) atoms. The first-order valence-electron chi connectivity index (χ1n) is 9.69. The number of anilines is 1. The van der Waals surface area contributed by atoms with Gasteiger partial charge in [-0.3, -0.25) is 15.0 Å². The number of esters is 1. The molecule has 7 N–H and O–H groups in total. The summed E-state index contributed by atoms with van der Waals surface area (Å²) in [7, 11) is -3.43. The largest absolute Gasteiger partial charge is 0.481 e. The average molecular weight is 528 g/mol. The summed E-state index contributed by atoms with van der Waals surface area (Å²) in [5.41, 5.74) is 6.24. The first kappa shape index (κ1) is 27.5. The van der Waals surface area contributed by atoms with E-state index in [2.05, 4.69) is 10.0 Å². The third-order valence-electron chi connectivity index (χ3n) is 4.55. The van der Waals surface area contributed by atoms with Crippen molar-refractivity contribution in [1.82, 2.24) is 9.03 Å². The Labute approximate surface area is 205 Å². The smallest absolute Gasteiger partial charge is 0.343 e. The number of hydrogen-bond donors (Lipinski definition) is 6. The van der Waals surface area contributed by atoms with Crippen molar-refractivity contribution in [3.63, 3.8) is 0 Å². The predicted molar refractivity (Wildman–Crippen MR) is 126 cm³/mol. The molecule has 0 fully saturated rings. The number of halogens is 1. The summed E-state index contributed by atoms with van der Waals surface area (Å²) < 4.78 is 32.6. The Morgan fingerprint density at radius 3 is 2.31 bits per heavy atom. The number of rotatable bonds is 11. The van der Waals surface area contributed by atoms with Gasteiger partial charge in [-0.15, -0.1) is 0 Å². The van der Waals surface area contributed by atoms with Crippen molar-refractivity contribution < 1.29 is 37.8 Å². The van der Waals surface area contributed by atoms with Crippen LogP contribution in [-0.4, -0.2) is 59.9 Å². The molecule has 0 unspecified atom stereocenters. The van der Waals surface area contributed by atoms with E-state index in [1.165, 1.54) is 42.5 Å². The van der Waals surface area contributed by atoms with Crippen molar-refractivity contribution in [1.29, 1.82) is 5.41 Å². The molecule has 2 aromatic rings. The maximum Gasteiger partial charge on any atom is 0.343 e. The normalized spacial score (nSPS) is 12.1. The van der Waals surface area contributed by atoms with E-state index in [0.717, 1.165) is 7.05 Å². The lowest BCUT2D eigenvalue weighted by Gasteiger charge is -2.23. The molecule has 0 saturated heterocycles. The van der Waals surface area contributed by atoms with Crippen LogP contribution in [0.25, 0.3) is 0 Å². The van der Waals surface area contributed by atoms with Crippen molar-refractivity contribution in [3.8, 4) is 5.75 Å². The number of carbonyl (C=O) groups excluding carboxylic acids is 1. The highest BCUT2D eigenvalue weighted by Gasteiger charge is 2.33. The number of carboxylic acids is 2. The Morgan fingerprint density at radius 1 is 1.17 bits per heavy atom. The van der Waals surface area contributed by atoms with Crippen molar-refractivity contribution in [3.05, 3.63) is 58.6 Å². The Morgan fingerprint density at radius 2 is 1.80 bits per heavy atom. The van der Waals surface area contributed by atoms with E-state index >= 15 is 0 Å². The van der Waals surface area contributed by atoms with Gasteiger partial charge >= 0.3 is 17.9 Å². The molecule has 0 aliphatic carbocycles. The van der Waals surface area contributed by atoms with Crippen LogP contribution in [0.1, 0.15) is 22.3 Å². The van der Waals surface area contributed by atoms with E-state index < -0.39 is 40.6 Å². The lowest BCUT2D eigenvalue weighted by molar-refractivity contribution is -0.147. The quantitative estimate of drug-likeness (QED) is 0.106. The topological polar surface area (TPSA) is 212 Å². The second-order valence-corrected chi connectivity index (χ2v) is 9.27. The summed E-state index contributed by atoms with van der Waals surface area (Å²) in [6, 6.07) is 8.25. The van der Waals surface area contributed by atoms with Gasteiger partial charge in [-0.2, -0.15) is 17.4 Å². The zero-order chi connectivity index (χ0) is 26.3.